The van der Waals surface area contributed by atoms with Gasteiger partial charge in [0.15, 0.2) is 5.69 Å². The second-order valence-corrected chi connectivity index (χ2v) is 6.89. The van der Waals surface area contributed by atoms with Crippen LogP contribution in [0.5, 0.6) is 0 Å². The number of hydrogen-bond donors (Lipinski definition) is 3. The lowest BCUT2D eigenvalue weighted by Gasteiger charge is -2.25. The van der Waals surface area contributed by atoms with Crippen molar-refractivity contribution in [3.63, 3.8) is 0 Å². The molecule has 3 rings (SSSR count). The van der Waals surface area contributed by atoms with E-state index in [0.29, 0.717) is 11.5 Å². The molecular weight excluding hydrogens is 409 g/mol. The zero-order valence-electron chi connectivity index (χ0n) is 16.4. The van der Waals surface area contributed by atoms with Crippen molar-refractivity contribution in [3.8, 4) is 0 Å². The van der Waals surface area contributed by atoms with Crippen LogP contribution in [0.1, 0.15) is 61.0 Å². The minimum atomic E-state index is -5.08. The zero-order valence-corrected chi connectivity index (χ0v) is 16.4. The maximum Gasteiger partial charge on any atom is 0.490 e. The van der Waals surface area contributed by atoms with E-state index < -0.39 is 12.1 Å². The van der Waals surface area contributed by atoms with Crippen molar-refractivity contribution in [1.29, 1.82) is 0 Å². The Hall–Kier alpha value is -3.03. The fourth-order valence-corrected chi connectivity index (χ4v) is 2.96. The van der Waals surface area contributed by atoms with E-state index >= 15 is 0 Å². The van der Waals surface area contributed by atoms with Gasteiger partial charge >= 0.3 is 12.1 Å². The molecule has 166 valence electrons. The smallest absolute Gasteiger partial charge is 0.475 e. The molecule has 1 saturated carbocycles. The number of carboxylic acid groups (broad SMARTS) is 1. The van der Waals surface area contributed by atoms with Crippen molar-refractivity contribution < 1.29 is 27.9 Å². The second kappa shape index (κ2) is 9.65. The Bertz CT molecular complexity index is 858. The van der Waals surface area contributed by atoms with Gasteiger partial charge < -0.3 is 16.2 Å². The zero-order chi connectivity index (χ0) is 22.5. The molecule has 2 heterocycles. The number of aliphatic carboxylic acids is 1. The van der Waals surface area contributed by atoms with Gasteiger partial charge in [0, 0.05) is 13.1 Å². The molecule has 2 aromatic rings. The van der Waals surface area contributed by atoms with Gasteiger partial charge in [0.05, 0.1) is 18.3 Å². The summed E-state index contributed by atoms with van der Waals surface area (Å²) in [7, 11) is 1.79. The van der Waals surface area contributed by atoms with Crippen LogP contribution in [0, 0.1) is 0 Å². The molecule has 30 heavy (non-hydrogen) atoms. The minimum Gasteiger partial charge on any atom is -0.475 e. The van der Waals surface area contributed by atoms with Gasteiger partial charge in [-0.1, -0.05) is 5.21 Å². The van der Waals surface area contributed by atoms with Gasteiger partial charge in [0.2, 0.25) is 0 Å². The van der Waals surface area contributed by atoms with E-state index in [1.807, 2.05) is 6.92 Å². The first-order valence-corrected chi connectivity index (χ1v) is 9.11. The van der Waals surface area contributed by atoms with Crippen molar-refractivity contribution in [2.75, 3.05) is 0 Å². The lowest BCUT2D eigenvalue weighted by Crippen LogP contribution is -2.29. The standard InChI is InChI=1S/C14H22N8O.C2HF3O2/c1-9(13-16-8-17-21(13)2)18-14(23)12-7-22(20-19-12)11-5-3-10(15)4-6-11;3-2(4,5)1(6)7/h7-11H,3-6,15H2,1-2H3,(H,18,23);(H,6,7). The molecule has 0 radical (unpaired) electrons. The molecule has 1 aliphatic rings. The average Bonchev–Trinajstić information content (AvgIpc) is 3.31. The Morgan fingerprint density at radius 3 is 2.40 bits per heavy atom. The van der Waals surface area contributed by atoms with Crippen LogP contribution < -0.4 is 11.1 Å². The first kappa shape index (κ1) is 23.3. The Labute approximate surface area is 169 Å². The number of carbonyl (C=O) groups is 2. The molecule has 4 N–H and O–H groups in total. The number of amides is 1. The number of carbonyl (C=O) groups excluding carboxylic acids is 1. The highest BCUT2D eigenvalue weighted by molar-refractivity contribution is 5.92. The number of nitrogens with one attached hydrogen (secondary N) is 1. The third-order valence-electron chi connectivity index (χ3n) is 4.58. The molecule has 11 nitrogen and oxygen atoms in total. The van der Waals surface area contributed by atoms with Gasteiger partial charge in [-0.05, 0) is 32.6 Å². The summed E-state index contributed by atoms with van der Waals surface area (Å²) in [5, 5.41) is 22.1. The van der Waals surface area contributed by atoms with E-state index in [0.717, 1.165) is 25.7 Å². The lowest BCUT2D eigenvalue weighted by molar-refractivity contribution is -0.192. The van der Waals surface area contributed by atoms with Crippen molar-refractivity contribution in [3.05, 3.63) is 24.0 Å². The van der Waals surface area contributed by atoms with Gasteiger partial charge in [0.1, 0.15) is 12.2 Å². The third kappa shape index (κ3) is 6.23. The van der Waals surface area contributed by atoms with Gasteiger partial charge in [-0.3, -0.25) is 9.48 Å². The quantitative estimate of drug-likeness (QED) is 0.646. The van der Waals surface area contributed by atoms with Crippen LogP contribution in [0.3, 0.4) is 0 Å². The van der Waals surface area contributed by atoms with Crippen molar-refractivity contribution in [2.24, 2.45) is 12.8 Å². The molecule has 1 amide bonds. The fourth-order valence-electron chi connectivity index (χ4n) is 2.96. The highest BCUT2D eigenvalue weighted by Crippen LogP contribution is 2.26. The summed E-state index contributed by atoms with van der Waals surface area (Å²) in [6, 6.07) is 0.303. The molecular formula is C16H23F3N8O3. The van der Waals surface area contributed by atoms with Gasteiger partial charge in [-0.15, -0.1) is 5.10 Å². The van der Waals surface area contributed by atoms with E-state index in [-0.39, 0.29) is 24.0 Å². The predicted molar refractivity (Wildman–Crippen MR) is 96.1 cm³/mol. The number of hydrogen-bond acceptors (Lipinski definition) is 7. The number of aromatic nitrogens is 6. The number of nitrogens with two attached hydrogens (primary N) is 1. The molecule has 14 heteroatoms. The number of carboxylic acids is 1. The number of halogens is 3. The van der Waals surface area contributed by atoms with Gasteiger partial charge in [0.25, 0.3) is 5.91 Å². The third-order valence-corrected chi connectivity index (χ3v) is 4.58. The van der Waals surface area contributed by atoms with E-state index in [2.05, 4.69) is 25.7 Å². The Kier molecular flexibility index (Phi) is 7.48. The van der Waals surface area contributed by atoms with Crippen LogP contribution in [0.15, 0.2) is 12.5 Å². The van der Waals surface area contributed by atoms with E-state index in [4.69, 9.17) is 15.6 Å². The summed E-state index contributed by atoms with van der Waals surface area (Å²) in [6.45, 7) is 1.86. The number of rotatable bonds is 4. The largest absolute Gasteiger partial charge is 0.490 e. The molecule has 0 saturated heterocycles. The van der Waals surface area contributed by atoms with Crippen molar-refractivity contribution >= 4 is 11.9 Å². The summed E-state index contributed by atoms with van der Waals surface area (Å²) in [5.74, 6) is -2.33. The topological polar surface area (TPSA) is 154 Å². The van der Waals surface area contributed by atoms with Crippen LogP contribution in [0.2, 0.25) is 0 Å². The highest BCUT2D eigenvalue weighted by Gasteiger charge is 2.38. The average molecular weight is 432 g/mol. The monoisotopic (exact) mass is 432 g/mol. The van der Waals surface area contributed by atoms with Gasteiger partial charge in [-0.25, -0.2) is 14.5 Å². The van der Waals surface area contributed by atoms with Crippen LogP contribution in [0.25, 0.3) is 0 Å². The van der Waals surface area contributed by atoms with Gasteiger partial charge in [-0.2, -0.15) is 18.3 Å². The lowest BCUT2D eigenvalue weighted by atomic mass is 9.92. The molecule has 0 bridgehead atoms. The summed E-state index contributed by atoms with van der Waals surface area (Å²) in [5.41, 5.74) is 6.23. The maximum absolute atomic E-state index is 12.3. The summed E-state index contributed by atoms with van der Waals surface area (Å²) >= 11 is 0. The van der Waals surface area contributed by atoms with E-state index in [1.54, 1.807) is 22.6 Å². The summed E-state index contributed by atoms with van der Waals surface area (Å²) in [6.07, 6.45) is 1.99. The number of alkyl halides is 3. The normalized spacial score (nSPS) is 20.1. The van der Waals surface area contributed by atoms with E-state index in [1.165, 1.54) is 6.33 Å². The summed E-state index contributed by atoms with van der Waals surface area (Å²) < 4.78 is 35.2. The maximum atomic E-state index is 12.3. The Balaban J connectivity index is 0.000000396. The number of nitrogens with zero attached hydrogens (tertiary/aromatic N) is 6. The number of aryl methyl sites for hydroxylation is 1. The molecule has 0 spiro atoms. The second-order valence-electron chi connectivity index (χ2n) is 6.89. The molecule has 1 unspecified atom stereocenters. The minimum absolute atomic E-state index is 0.257. The van der Waals surface area contributed by atoms with Crippen molar-refractivity contribution in [1.82, 2.24) is 35.1 Å². The molecule has 1 atom stereocenters. The fraction of sp³-hybridized carbons (Fsp3) is 0.625. The highest BCUT2D eigenvalue weighted by atomic mass is 19.4. The first-order valence-electron chi connectivity index (χ1n) is 9.11. The van der Waals surface area contributed by atoms with E-state index in [9.17, 15) is 18.0 Å². The molecule has 2 aromatic heterocycles. The first-order chi connectivity index (χ1) is 14.0. The predicted octanol–water partition coefficient (Wildman–Crippen LogP) is 0.973. The van der Waals surface area contributed by atoms with Crippen LogP contribution in [-0.2, 0) is 11.8 Å². The molecule has 1 fully saturated rings. The Morgan fingerprint density at radius 2 is 1.90 bits per heavy atom. The molecule has 0 aromatic carbocycles. The van der Waals surface area contributed by atoms with Crippen LogP contribution >= 0.6 is 0 Å². The van der Waals surface area contributed by atoms with Crippen LogP contribution in [-0.4, -0.2) is 59.0 Å². The van der Waals surface area contributed by atoms with Crippen LogP contribution in [0.4, 0.5) is 13.2 Å². The summed E-state index contributed by atoms with van der Waals surface area (Å²) in [4.78, 5) is 25.3. The molecule has 1 aliphatic carbocycles. The van der Waals surface area contributed by atoms with Crippen molar-refractivity contribution in [2.45, 2.75) is 56.9 Å². The Morgan fingerprint density at radius 1 is 1.30 bits per heavy atom. The SMILES string of the molecule is CC(NC(=O)c1cn(C2CCC(N)CC2)nn1)c1ncnn1C.O=C(O)C(F)(F)F. The molecule has 0 aliphatic heterocycles.